The molecule has 0 radical (unpaired) electrons. The zero-order valence-corrected chi connectivity index (χ0v) is 18.3. The molecule has 0 aliphatic heterocycles. The Morgan fingerprint density at radius 3 is 2.48 bits per heavy atom. The van der Waals surface area contributed by atoms with Gasteiger partial charge < -0.3 is 5.32 Å². The van der Waals surface area contributed by atoms with E-state index in [9.17, 15) is 4.79 Å². The van der Waals surface area contributed by atoms with Gasteiger partial charge in [0.1, 0.15) is 0 Å². The van der Waals surface area contributed by atoms with Crippen molar-refractivity contribution < 1.29 is 4.79 Å². The van der Waals surface area contributed by atoms with Crippen molar-refractivity contribution in [2.45, 2.75) is 0 Å². The summed E-state index contributed by atoms with van der Waals surface area (Å²) in [5.41, 5.74) is 4.45. The van der Waals surface area contributed by atoms with E-state index in [1.54, 1.807) is 16.9 Å². The molecule has 31 heavy (non-hydrogen) atoms. The summed E-state index contributed by atoms with van der Waals surface area (Å²) in [6, 6.07) is 22.5. The number of hydrogen-bond donors (Lipinski definition) is 1. The van der Waals surface area contributed by atoms with Gasteiger partial charge in [-0.05, 0) is 83.3 Å². The molecule has 0 atom stereocenters. The molecule has 0 bridgehead atoms. The van der Waals surface area contributed by atoms with E-state index in [4.69, 9.17) is 5.10 Å². The number of carbonyl (C=O) groups is 1. The van der Waals surface area contributed by atoms with Crippen LogP contribution in [0.5, 0.6) is 0 Å². The number of anilines is 1. The van der Waals surface area contributed by atoms with Gasteiger partial charge in [0.2, 0.25) is 0 Å². The Bertz CT molecular complexity index is 1380. The first-order chi connectivity index (χ1) is 15.2. The van der Waals surface area contributed by atoms with E-state index in [0.717, 1.165) is 20.4 Å². The number of nitrogens with one attached hydrogen (secondary N) is 1. The van der Waals surface area contributed by atoms with E-state index in [1.165, 1.54) is 0 Å². The highest BCUT2D eigenvalue weighted by Crippen LogP contribution is 2.23. The molecule has 3 heterocycles. The Hall–Kier alpha value is -3.66. The maximum Gasteiger partial charge on any atom is 0.255 e. The summed E-state index contributed by atoms with van der Waals surface area (Å²) in [5.74, 6) is 0.484. The van der Waals surface area contributed by atoms with Gasteiger partial charge in [0.05, 0.1) is 5.69 Å². The SMILES string of the molecule is O=C(Nc1cccc(-c2ccc3nnc(-c4ccncc4)n3n2)c1)c1ccc(I)cc1. The first-order valence-corrected chi connectivity index (χ1v) is 10.6. The molecule has 7 nitrogen and oxygen atoms in total. The first-order valence-electron chi connectivity index (χ1n) is 9.47. The minimum absolute atomic E-state index is 0.157. The van der Waals surface area contributed by atoms with Gasteiger partial charge in [-0.2, -0.15) is 9.61 Å². The van der Waals surface area contributed by atoms with Crippen molar-refractivity contribution >= 4 is 39.8 Å². The van der Waals surface area contributed by atoms with E-state index in [2.05, 4.69) is 43.1 Å². The van der Waals surface area contributed by atoms with Crippen LogP contribution in [0.3, 0.4) is 0 Å². The van der Waals surface area contributed by atoms with E-state index in [-0.39, 0.29) is 5.91 Å². The lowest BCUT2D eigenvalue weighted by Gasteiger charge is -2.08. The molecule has 0 saturated carbocycles. The predicted octanol–water partition coefficient (Wildman–Crippen LogP) is 4.71. The van der Waals surface area contributed by atoms with Crippen LogP contribution in [0.4, 0.5) is 5.69 Å². The number of rotatable bonds is 4. The first kappa shape index (κ1) is 19.3. The number of amides is 1. The predicted molar refractivity (Wildman–Crippen MR) is 127 cm³/mol. The Morgan fingerprint density at radius 2 is 1.68 bits per heavy atom. The van der Waals surface area contributed by atoms with Gasteiger partial charge in [-0.3, -0.25) is 9.78 Å². The molecule has 2 aromatic carbocycles. The molecule has 3 aromatic heterocycles. The Morgan fingerprint density at radius 1 is 0.871 bits per heavy atom. The van der Waals surface area contributed by atoms with Crippen LogP contribution in [-0.2, 0) is 0 Å². The molecule has 0 unspecified atom stereocenters. The van der Waals surface area contributed by atoms with Crippen LogP contribution in [0, 0.1) is 3.57 Å². The van der Waals surface area contributed by atoms with Crippen molar-refractivity contribution in [2.75, 3.05) is 5.32 Å². The third-order valence-corrected chi connectivity index (χ3v) is 5.44. The van der Waals surface area contributed by atoms with Crippen molar-refractivity contribution in [2.24, 2.45) is 0 Å². The quantitative estimate of drug-likeness (QED) is 0.349. The second-order valence-electron chi connectivity index (χ2n) is 6.79. The van der Waals surface area contributed by atoms with Crippen molar-refractivity contribution in [3.05, 3.63) is 94.3 Å². The molecule has 1 amide bonds. The van der Waals surface area contributed by atoms with Crippen molar-refractivity contribution in [1.29, 1.82) is 0 Å². The summed E-state index contributed by atoms with van der Waals surface area (Å²) in [7, 11) is 0. The van der Waals surface area contributed by atoms with E-state index in [0.29, 0.717) is 22.7 Å². The lowest BCUT2D eigenvalue weighted by atomic mass is 10.1. The summed E-state index contributed by atoms with van der Waals surface area (Å²) >= 11 is 2.21. The zero-order chi connectivity index (χ0) is 21.2. The second kappa shape index (κ2) is 8.23. The largest absolute Gasteiger partial charge is 0.322 e. The monoisotopic (exact) mass is 518 g/mol. The fourth-order valence-electron chi connectivity index (χ4n) is 3.18. The molecule has 5 rings (SSSR count). The van der Waals surface area contributed by atoms with E-state index >= 15 is 0 Å². The minimum Gasteiger partial charge on any atom is -0.322 e. The van der Waals surface area contributed by atoms with Crippen molar-refractivity contribution in [3.8, 4) is 22.6 Å². The Labute approximate surface area is 191 Å². The van der Waals surface area contributed by atoms with E-state index in [1.807, 2.05) is 72.8 Å². The fourth-order valence-corrected chi connectivity index (χ4v) is 3.54. The van der Waals surface area contributed by atoms with Crippen LogP contribution >= 0.6 is 22.6 Å². The lowest BCUT2D eigenvalue weighted by molar-refractivity contribution is 0.102. The number of carbonyl (C=O) groups excluding carboxylic acids is 1. The fraction of sp³-hybridized carbons (Fsp3) is 0. The number of aromatic nitrogens is 5. The molecular formula is C23H15IN6O. The summed E-state index contributed by atoms with van der Waals surface area (Å²) in [4.78, 5) is 16.6. The molecule has 0 spiro atoms. The molecule has 0 aliphatic carbocycles. The molecule has 8 heteroatoms. The standard InChI is InChI=1S/C23H15IN6O/c24-18-6-4-16(5-7-18)23(31)26-19-3-1-2-17(14-19)20-8-9-21-27-28-22(30(21)29-20)15-10-12-25-13-11-15/h1-14H,(H,26,31). The van der Waals surface area contributed by atoms with Crippen LogP contribution < -0.4 is 5.32 Å². The van der Waals surface area contributed by atoms with Gasteiger partial charge in [-0.25, -0.2) is 0 Å². The van der Waals surface area contributed by atoms with Gasteiger partial charge in [-0.1, -0.05) is 12.1 Å². The van der Waals surface area contributed by atoms with Gasteiger partial charge in [0.25, 0.3) is 5.91 Å². The summed E-state index contributed by atoms with van der Waals surface area (Å²) < 4.78 is 2.79. The zero-order valence-electron chi connectivity index (χ0n) is 16.1. The molecular weight excluding hydrogens is 503 g/mol. The maximum atomic E-state index is 12.6. The second-order valence-corrected chi connectivity index (χ2v) is 8.04. The number of benzene rings is 2. The van der Waals surface area contributed by atoms with Crippen LogP contribution in [0.15, 0.2) is 85.2 Å². The van der Waals surface area contributed by atoms with Crippen LogP contribution in [0.2, 0.25) is 0 Å². The van der Waals surface area contributed by atoms with Crippen molar-refractivity contribution in [1.82, 2.24) is 24.8 Å². The smallest absolute Gasteiger partial charge is 0.255 e. The van der Waals surface area contributed by atoms with Crippen LogP contribution in [-0.4, -0.2) is 30.7 Å². The molecule has 5 aromatic rings. The van der Waals surface area contributed by atoms with Gasteiger partial charge >= 0.3 is 0 Å². The van der Waals surface area contributed by atoms with Crippen LogP contribution in [0.1, 0.15) is 10.4 Å². The maximum absolute atomic E-state index is 12.6. The van der Waals surface area contributed by atoms with Crippen molar-refractivity contribution in [3.63, 3.8) is 0 Å². The third-order valence-electron chi connectivity index (χ3n) is 4.72. The topological polar surface area (TPSA) is 85.1 Å². The van der Waals surface area contributed by atoms with Gasteiger partial charge in [-0.15, -0.1) is 10.2 Å². The molecule has 0 aliphatic rings. The Kier molecular flexibility index (Phi) is 5.13. The van der Waals surface area contributed by atoms with E-state index < -0.39 is 0 Å². The molecule has 1 N–H and O–H groups in total. The average molecular weight is 518 g/mol. The lowest BCUT2D eigenvalue weighted by Crippen LogP contribution is -2.11. The summed E-state index contributed by atoms with van der Waals surface area (Å²) in [5, 5.41) is 16.1. The average Bonchev–Trinajstić information content (AvgIpc) is 3.23. The summed E-state index contributed by atoms with van der Waals surface area (Å²) in [6.07, 6.45) is 3.42. The molecule has 0 fully saturated rings. The van der Waals surface area contributed by atoms with Gasteiger partial charge in [0, 0.05) is 38.3 Å². The highest BCUT2D eigenvalue weighted by Gasteiger charge is 2.12. The van der Waals surface area contributed by atoms with Gasteiger partial charge in [0.15, 0.2) is 11.5 Å². The highest BCUT2D eigenvalue weighted by molar-refractivity contribution is 14.1. The minimum atomic E-state index is -0.157. The molecule has 0 saturated heterocycles. The number of hydrogen-bond acceptors (Lipinski definition) is 5. The third kappa shape index (κ3) is 4.02. The van der Waals surface area contributed by atoms with Crippen LogP contribution in [0.25, 0.3) is 28.3 Å². The highest BCUT2D eigenvalue weighted by atomic mass is 127. The number of fused-ring (bicyclic) bond motifs is 1. The number of halogens is 1. The summed E-state index contributed by atoms with van der Waals surface area (Å²) in [6.45, 7) is 0. The number of pyridine rings is 1. The normalized spacial score (nSPS) is 10.9. The number of nitrogens with zero attached hydrogens (tertiary/aromatic N) is 5. The molecule has 150 valence electrons. The Balaban J connectivity index is 1.46.